The van der Waals surface area contributed by atoms with Gasteiger partial charge in [0.2, 0.25) is 0 Å². The van der Waals surface area contributed by atoms with Gasteiger partial charge >= 0.3 is 5.69 Å². The number of aromatic amines is 1. The summed E-state index contributed by atoms with van der Waals surface area (Å²) in [4.78, 5) is 37.5. The lowest BCUT2D eigenvalue weighted by atomic mass is 9.90. The van der Waals surface area contributed by atoms with E-state index in [4.69, 9.17) is 0 Å². The van der Waals surface area contributed by atoms with Crippen molar-refractivity contribution in [3.63, 3.8) is 0 Å². The fraction of sp³-hybridized carbons (Fsp3) is 0.214. The summed E-state index contributed by atoms with van der Waals surface area (Å²) in [7, 11) is 0. The number of hydrogen-bond acceptors (Lipinski definition) is 4. The Bertz CT molecular complexity index is 1580. The number of Topliss-reactive ketones (excluding diaryl/α,β-unsaturated/α-hetero) is 1. The minimum absolute atomic E-state index is 0.147. The molecule has 4 heterocycles. The summed E-state index contributed by atoms with van der Waals surface area (Å²) in [5.41, 5.74) is 4.62. The van der Waals surface area contributed by atoms with Gasteiger partial charge in [-0.3, -0.25) is 14.3 Å². The van der Waals surface area contributed by atoms with E-state index in [0.29, 0.717) is 30.1 Å². The summed E-state index contributed by atoms with van der Waals surface area (Å²) in [5, 5.41) is 0. The van der Waals surface area contributed by atoms with Gasteiger partial charge in [0.1, 0.15) is 5.82 Å². The summed E-state index contributed by atoms with van der Waals surface area (Å²) >= 11 is 0. The molecule has 5 aromatic rings. The first-order valence-electron chi connectivity index (χ1n) is 11.9. The molecule has 0 radical (unpaired) electrons. The molecule has 7 nitrogen and oxygen atoms in total. The number of carbonyl (C=O) groups excluding carboxylic acids is 1. The number of imidazole rings is 2. The summed E-state index contributed by atoms with van der Waals surface area (Å²) in [6.45, 7) is 1.38. The maximum Gasteiger partial charge on any atom is 0.327 e. The summed E-state index contributed by atoms with van der Waals surface area (Å²) in [5.74, 6) is 1.52. The molecule has 174 valence electrons. The Kier molecular flexibility index (Phi) is 5.37. The minimum atomic E-state index is -0.189. The monoisotopic (exact) mass is 463 g/mol. The fourth-order valence-corrected chi connectivity index (χ4v) is 4.96. The van der Waals surface area contributed by atoms with E-state index in [2.05, 4.69) is 19.5 Å². The van der Waals surface area contributed by atoms with Gasteiger partial charge in [-0.25, -0.2) is 14.8 Å². The second-order valence-electron chi connectivity index (χ2n) is 9.20. The van der Waals surface area contributed by atoms with Crippen LogP contribution in [0.3, 0.4) is 0 Å². The van der Waals surface area contributed by atoms with Crippen molar-refractivity contribution in [1.82, 2.24) is 24.1 Å². The highest BCUT2D eigenvalue weighted by Gasteiger charge is 2.22. The van der Waals surface area contributed by atoms with E-state index in [1.165, 1.54) is 0 Å². The number of nitrogens with one attached hydrogen (secondary N) is 1. The average Bonchev–Trinajstić information content (AvgIpc) is 3.48. The van der Waals surface area contributed by atoms with E-state index >= 15 is 0 Å². The Labute approximate surface area is 202 Å². The van der Waals surface area contributed by atoms with Crippen LogP contribution in [-0.2, 0) is 19.5 Å². The molecular formula is C28H25N5O2. The van der Waals surface area contributed by atoms with E-state index in [1.807, 2.05) is 73.1 Å². The van der Waals surface area contributed by atoms with Gasteiger partial charge in [-0.2, -0.15) is 0 Å². The number of carbonyl (C=O) groups is 1. The second-order valence-corrected chi connectivity index (χ2v) is 9.20. The second kappa shape index (κ2) is 8.83. The van der Waals surface area contributed by atoms with Gasteiger partial charge in [-0.05, 0) is 35.6 Å². The molecule has 7 heteroatoms. The lowest BCUT2D eigenvalue weighted by molar-refractivity contribution is 0.0953. The number of pyridine rings is 1. The van der Waals surface area contributed by atoms with Crippen molar-refractivity contribution in [2.75, 3.05) is 0 Å². The molecule has 2 aromatic carbocycles. The predicted molar refractivity (Wildman–Crippen MR) is 134 cm³/mol. The standard InChI is InChI=1S/C28H25N5O2/c34-25(13-20-9-11-32-12-10-29-26(32)14-20)22-8-4-7-21(15-22)23-16-24-27(30-17-23)31-28(35)33(24)18-19-5-2-1-3-6-19/h1-8,10,12,15-17,20H,9,11,13-14,18H2,(H,30,31,35). The Balaban J connectivity index is 1.26. The van der Waals surface area contributed by atoms with Crippen molar-refractivity contribution in [2.24, 2.45) is 5.92 Å². The van der Waals surface area contributed by atoms with Crippen LogP contribution in [0, 0.1) is 5.92 Å². The zero-order valence-corrected chi connectivity index (χ0v) is 19.2. The number of hydrogen-bond donors (Lipinski definition) is 1. The molecule has 1 N–H and O–H groups in total. The smallest absolute Gasteiger partial charge is 0.327 e. The van der Waals surface area contributed by atoms with E-state index in [9.17, 15) is 9.59 Å². The first-order chi connectivity index (χ1) is 17.1. The van der Waals surface area contributed by atoms with Crippen LogP contribution in [0.1, 0.15) is 34.6 Å². The number of aryl methyl sites for hydroxylation is 1. The van der Waals surface area contributed by atoms with Crippen molar-refractivity contribution in [1.29, 1.82) is 0 Å². The summed E-state index contributed by atoms with van der Waals surface area (Å²) in [6, 6.07) is 19.5. The van der Waals surface area contributed by atoms with Crippen LogP contribution < -0.4 is 5.69 Å². The Hall–Kier alpha value is -4.26. The maximum absolute atomic E-state index is 13.1. The SMILES string of the molecule is O=C(CC1CCn2ccnc2C1)c1cccc(-c2cnc3[nH]c(=O)n(Cc4ccccc4)c3c2)c1. The largest absolute Gasteiger partial charge is 0.335 e. The van der Waals surface area contributed by atoms with Crippen LogP contribution in [0.25, 0.3) is 22.3 Å². The fourth-order valence-electron chi connectivity index (χ4n) is 4.96. The van der Waals surface area contributed by atoms with Crippen LogP contribution in [-0.4, -0.2) is 29.9 Å². The molecule has 0 saturated heterocycles. The quantitative estimate of drug-likeness (QED) is 0.377. The van der Waals surface area contributed by atoms with Gasteiger partial charge < -0.3 is 4.57 Å². The van der Waals surface area contributed by atoms with Gasteiger partial charge in [-0.15, -0.1) is 0 Å². The maximum atomic E-state index is 13.1. The molecule has 6 rings (SSSR count). The zero-order valence-electron chi connectivity index (χ0n) is 19.2. The lowest BCUT2D eigenvalue weighted by Gasteiger charge is -2.22. The molecule has 0 amide bonds. The van der Waals surface area contributed by atoms with E-state index in [-0.39, 0.29) is 11.5 Å². The highest BCUT2D eigenvalue weighted by Crippen LogP contribution is 2.26. The lowest BCUT2D eigenvalue weighted by Crippen LogP contribution is -2.21. The molecule has 35 heavy (non-hydrogen) atoms. The predicted octanol–water partition coefficient (Wildman–Crippen LogP) is 4.47. The molecule has 0 aliphatic carbocycles. The van der Waals surface area contributed by atoms with Crippen molar-refractivity contribution >= 4 is 16.9 Å². The van der Waals surface area contributed by atoms with Crippen LogP contribution in [0.5, 0.6) is 0 Å². The molecular weight excluding hydrogens is 438 g/mol. The van der Waals surface area contributed by atoms with E-state index in [1.54, 1.807) is 10.8 Å². The van der Waals surface area contributed by atoms with Gasteiger partial charge in [0.25, 0.3) is 0 Å². The Morgan fingerprint density at radius 2 is 1.91 bits per heavy atom. The number of benzene rings is 2. The van der Waals surface area contributed by atoms with Gasteiger partial charge in [0.15, 0.2) is 11.4 Å². The highest BCUT2D eigenvalue weighted by atomic mass is 16.1. The number of fused-ring (bicyclic) bond motifs is 2. The summed E-state index contributed by atoms with van der Waals surface area (Å²) < 4.78 is 3.87. The Morgan fingerprint density at radius 3 is 2.80 bits per heavy atom. The third-order valence-electron chi connectivity index (χ3n) is 6.86. The van der Waals surface area contributed by atoms with Gasteiger partial charge in [-0.1, -0.05) is 48.5 Å². The first-order valence-corrected chi connectivity index (χ1v) is 11.9. The number of nitrogens with zero attached hydrogens (tertiary/aromatic N) is 4. The third-order valence-corrected chi connectivity index (χ3v) is 6.86. The third kappa shape index (κ3) is 4.21. The first kappa shape index (κ1) is 21.3. The number of ketones is 1. The average molecular weight is 464 g/mol. The van der Waals surface area contributed by atoms with Crippen molar-refractivity contribution in [2.45, 2.75) is 32.4 Å². The van der Waals surface area contributed by atoms with Crippen molar-refractivity contribution in [3.05, 3.63) is 107 Å². The molecule has 0 saturated carbocycles. The molecule has 3 aromatic heterocycles. The van der Waals surface area contributed by atoms with E-state index < -0.39 is 0 Å². The number of rotatable bonds is 6. The van der Waals surface area contributed by atoms with Crippen LogP contribution in [0.2, 0.25) is 0 Å². The Morgan fingerprint density at radius 1 is 1.03 bits per heavy atom. The summed E-state index contributed by atoms with van der Waals surface area (Å²) in [6.07, 6.45) is 7.92. The molecule has 1 atom stereocenters. The van der Waals surface area contributed by atoms with Crippen molar-refractivity contribution < 1.29 is 4.79 Å². The molecule has 0 spiro atoms. The molecule has 1 aliphatic rings. The van der Waals surface area contributed by atoms with Crippen LogP contribution in [0.4, 0.5) is 0 Å². The molecule has 1 aliphatic heterocycles. The van der Waals surface area contributed by atoms with E-state index in [0.717, 1.165) is 47.4 Å². The van der Waals surface area contributed by atoms with Gasteiger partial charge in [0.05, 0.1) is 12.1 Å². The molecule has 0 bridgehead atoms. The van der Waals surface area contributed by atoms with Crippen LogP contribution >= 0.6 is 0 Å². The number of aromatic nitrogens is 5. The highest BCUT2D eigenvalue weighted by molar-refractivity contribution is 5.97. The molecule has 1 unspecified atom stereocenters. The zero-order chi connectivity index (χ0) is 23.8. The van der Waals surface area contributed by atoms with Gasteiger partial charge in [0, 0.05) is 49.1 Å². The molecule has 0 fully saturated rings. The van der Waals surface area contributed by atoms with Crippen LogP contribution in [0.15, 0.2) is 84.0 Å². The van der Waals surface area contributed by atoms with Crippen molar-refractivity contribution in [3.8, 4) is 11.1 Å². The normalized spacial score (nSPS) is 15.3. The number of H-pyrrole nitrogens is 1. The topological polar surface area (TPSA) is 85.6 Å². The minimum Gasteiger partial charge on any atom is -0.335 e.